The number of primary amides is 1. The first-order chi connectivity index (χ1) is 9.01. The van der Waals surface area contributed by atoms with E-state index in [0.717, 1.165) is 11.3 Å². The molecule has 0 bridgehead atoms. The molecule has 110 valence electrons. The number of nitrogens with zero attached hydrogens (tertiary/aromatic N) is 1. The number of nitrogens with two attached hydrogens (primary N) is 1. The molecule has 1 aromatic carbocycles. The number of nitrogens with one attached hydrogen (secondary N) is 1. The summed E-state index contributed by atoms with van der Waals surface area (Å²) >= 11 is 0. The van der Waals surface area contributed by atoms with Gasteiger partial charge in [0.15, 0.2) is 0 Å². The van der Waals surface area contributed by atoms with Crippen LogP contribution in [0.3, 0.4) is 0 Å². The Hall–Kier alpha value is -2.01. The monoisotopic (exact) mass is 297 g/mol. The summed E-state index contributed by atoms with van der Waals surface area (Å²) < 4.78 is 5.08. The lowest BCUT2D eigenvalue weighted by Crippen LogP contribution is -2.30. The third-order valence-electron chi connectivity index (χ3n) is 2.22. The summed E-state index contributed by atoms with van der Waals surface area (Å²) in [6.07, 6.45) is 3.56. The van der Waals surface area contributed by atoms with Crippen molar-refractivity contribution in [3.63, 3.8) is 0 Å². The van der Waals surface area contributed by atoms with Crippen molar-refractivity contribution >= 4 is 30.3 Å². The number of hydrogen-bond donors (Lipinski definition) is 2. The minimum atomic E-state index is -0.720. The average Bonchev–Trinajstić information content (AvgIpc) is 2.35. The number of urea groups is 1. The van der Waals surface area contributed by atoms with E-state index in [2.05, 4.69) is 10.3 Å². The molecule has 0 spiro atoms. The Labute approximate surface area is 125 Å². The van der Waals surface area contributed by atoms with Gasteiger partial charge in [-0.25, -0.2) is 4.79 Å². The lowest BCUT2D eigenvalue weighted by Gasteiger charge is -2.08. The first kappa shape index (κ1) is 18.0. The minimum absolute atomic E-state index is 0. The van der Waals surface area contributed by atoms with Gasteiger partial charge >= 0.3 is 6.03 Å². The predicted molar refractivity (Wildman–Crippen MR) is 84.6 cm³/mol. The Bertz CT molecular complexity index is 482. The van der Waals surface area contributed by atoms with Crippen molar-refractivity contribution in [2.45, 2.75) is 19.9 Å². The average molecular weight is 298 g/mol. The molecule has 1 aromatic rings. The summed E-state index contributed by atoms with van der Waals surface area (Å²) in [5.41, 5.74) is 6.03. The Balaban J connectivity index is 0.00000361. The molecule has 3 N–H and O–H groups in total. The summed E-state index contributed by atoms with van der Waals surface area (Å²) in [4.78, 5) is 14.5. The molecule has 0 aliphatic heterocycles. The number of hydrogen-bond acceptors (Lipinski definition) is 2. The normalized spacial score (nSPS) is 11.3. The molecule has 0 aromatic heterocycles. The number of aliphatic imine (C=N–C) groups is 1. The summed E-state index contributed by atoms with van der Waals surface area (Å²) in [5.74, 6) is 1.24. The molecule has 6 heteroatoms. The molecule has 0 saturated carbocycles. The van der Waals surface area contributed by atoms with Gasteiger partial charge in [-0.15, -0.1) is 12.4 Å². The van der Waals surface area contributed by atoms with Crippen LogP contribution in [0.1, 0.15) is 19.4 Å². The van der Waals surface area contributed by atoms with Crippen molar-refractivity contribution in [2.24, 2.45) is 10.7 Å². The summed E-state index contributed by atoms with van der Waals surface area (Å²) in [5, 5.41) is 3.04. The van der Waals surface area contributed by atoms with Crippen molar-refractivity contribution < 1.29 is 9.53 Å². The fraction of sp³-hybridized carbons (Fsp3) is 0.286. The fourth-order valence-electron chi connectivity index (χ4n) is 1.42. The zero-order valence-corrected chi connectivity index (χ0v) is 12.6. The molecule has 0 aliphatic carbocycles. The molecule has 0 aliphatic rings. The molecule has 5 nitrogen and oxygen atoms in total. The Morgan fingerprint density at radius 1 is 1.35 bits per heavy atom. The van der Waals surface area contributed by atoms with Crippen LogP contribution in [0.4, 0.5) is 4.79 Å². The lowest BCUT2D eigenvalue weighted by molar-refractivity contribution is 0.256. The third-order valence-corrected chi connectivity index (χ3v) is 2.22. The second kappa shape index (κ2) is 8.98. The van der Waals surface area contributed by atoms with E-state index in [1.807, 2.05) is 44.2 Å². The van der Waals surface area contributed by atoms with Crippen LogP contribution in [-0.4, -0.2) is 25.0 Å². The van der Waals surface area contributed by atoms with Gasteiger partial charge in [0.05, 0.1) is 7.11 Å². The van der Waals surface area contributed by atoms with E-state index in [1.54, 1.807) is 13.2 Å². The molecule has 20 heavy (non-hydrogen) atoms. The van der Waals surface area contributed by atoms with Crippen LogP contribution in [0.2, 0.25) is 0 Å². The number of rotatable bonds is 4. The Morgan fingerprint density at radius 2 is 1.95 bits per heavy atom. The van der Waals surface area contributed by atoms with E-state index in [-0.39, 0.29) is 18.4 Å². The van der Waals surface area contributed by atoms with E-state index in [4.69, 9.17) is 10.5 Å². The molecule has 0 radical (unpaired) electrons. The van der Waals surface area contributed by atoms with Gasteiger partial charge in [-0.1, -0.05) is 18.2 Å². The third kappa shape index (κ3) is 6.80. The molecule has 1 rings (SSSR count). The van der Waals surface area contributed by atoms with Crippen molar-refractivity contribution in [1.82, 2.24) is 5.32 Å². The van der Waals surface area contributed by atoms with Gasteiger partial charge in [0.1, 0.15) is 11.6 Å². The zero-order valence-electron chi connectivity index (χ0n) is 11.8. The van der Waals surface area contributed by atoms with Crippen LogP contribution >= 0.6 is 12.4 Å². The van der Waals surface area contributed by atoms with Gasteiger partial charge in [-0.05, 0) is 37.6 Å². The molecular formula is C14H20ClN3O2. The predicted octanol–water partition coefficient (Wildman–Crippen LogP) is 2.61. The van der Waals surface area contributed by atoms with Gasteiger partial charge in [0.2, 0.25) is 0 Å². The molecular weight excluding hydrogens is 278 g/mol. The molecule has 0 heterocycles. The number of benzene rings is 1. The van der Waals surface area contributed by atoms with Gasteiger partial charge < -0.3 is 15.8 Å². The Morgan fingerprint density at radius 3 is 2.40 bits per heavy atom. The van der Waals surface area contributed by atoms with Gasteiger partial charge in [0, 0.05) is 6.04 Å². The highest BCUT2D eigenvalue weighted by Gasteiger charge is 1.99. The summed E-state index contributed by atoms with van der Waals surface area (Å²) in [6, 6.07) is 6.99. The van der Waals surface area contributed by atoms with Crippen LogP contribution in [0.5, 0.6) is 5.75 Å². The van der Waals surface area contributed by atoms with Crippen LogP contribution < -0.4 is 15.8 Å². The van der Waals surface area contributed by atoms with Crippen molar-refractivity contribution in [1.29, 1.82) is 0 Å². The summed E-state index contributed by atoms with van der Waals surface area (Å²) in [6.45, 7) is 3.91. The van der Waals surface area contributed by atoms with Crippen LogP contribution in [0.15, 0.2) is 35.3 Å². The number of carbonyl (C=O) groups excluding carboxylic acids is 1. The number of amides is 2. The smallest absolute Gasteiger partial charge is 0.340 e. The van der Waals surface area contributed by atoms with E-state index in [9.17, 15) is 4.79 Å². The van der Waals surface area contributed by atoms with Gasteiger partial charge in [0.25, 0.3) is 0 Å². The molecule has 0 saturated heterocycles. The van der Waals surface area contributed by atoms with E-state index in [0.29, 0.717) is 5.84 Å². The number of amidine groups is 1. The van der Waals surface area contributed by atoms with Crippen molar-refractivity contribution in [3.8, 4) is 5.75 Å². The molecule has 0 fully saturated rings. The molecule has 0 atom stereocenters. The second-order valence-corrected chi connectivity index (χ2v) is 4.24. The Kier molecular flexibility index (Phi) is 8.08. The zero-order chi connectivity index (χ0) is 14.3. The topological polar surface area (TPSA) is 76.7 Å². The van der Waals surface area contributed by atoms with Crippen LogP contribution in [0.25, 0.3) is 6.08 Å². The standard InChI is InChI=1S/C14H19N3O2.ClH/c1-10(2)16-13(17-14(15)18)9-6-11-4-7-12(19-3)8-5-11;/h4-10H,1-3H3,(H3,15,16,17,18);1H. The van der Waals surface area contributed by atoms with Crippen LogP contribution in [0, 0.1) is 0 Å². The van der Waals surface area contributed by atoms with E-state index in [1.165, 1.54) is 0 Å². The van der Waals surface area contributed by atoms with E-state index < -0.39 is 6.03 Å². The number of halogens is 1. The highest BCUT2D eigenvalue weighted by atomic mass is 35.5. The van der Waals surface area contributed by atoms with Crippen molar-refractivity contribution in [2.75, 3.05) is 7.11 Å². The lowest BCUT2D eigenvalue weighted by atomic mass is 10.2. The first-order valence-corrected chi connectivity index (χ1v) is 5.98. The quantitative estimate of drug-likeness (QED) is 0.662. The molecule has 2 amide bonds. The number of methoxy groups -OCH3 is 1. The highest BCUT2D eigenvalue weighted by molar-refractivity contribution is 6.02. The van der Waals surface area contributed by atoms with E-state index >= 15 is 0 Å². The first-order valence-electron chi connectivity index (χ1n) is 5.98. The minimum Gasteiger partial charge on any atom is -0.497 e. The van der Waals surface area contributed by atoms with Crippen molar-refractivity contribution in [3.05, 3.63) is 35.9 Å². The maximum absolute atomic E-state index is 10.8. The van der Waals surface area contributed by atoms with Gasteiger partial charge in [-0.3, -0.25) is 0 Å². The summed E-state index contributed by atoms with van der Waals surface area (Å²) in [7, 11) is 1.62. The maximum atomic E-state index is 10.8. The maximum Gasteiger partial charge on any atom is 0.340 e. The van der Waals surface area contributed by atoms with Crippen LogP contribution in [-0.2, 0) is 0 Å². The SMILES string of the molecule is COc1ccc(C=CC(=NC(N)=O)NC(C)C)cc1.Cl. The number of ether oxygens (including phenoxy) is 1. The largest absolute Gasteiger partial charge is 0.497 e. The second-order valence-electron chi connectivity index (χ2n) is 4.24. The highest BCUT2D eigenvalue weighted by Crippen LogP contribution is 2.12. The molecule has 0 unspecified atom stereocenters. The fourth-order valence-corrected chi connectivity index (χ4v) is 1.42. The number of carbonyl (C=O) groups is 1. The van der Waals surface area contributed by atoms with Gasteiger partial charge in [-0.2, -0.15) is 4.99 Å².